The Morgan fingerprint density at radius 3 is 2.77 bits per heavy atom. The molecular weight excluding hydrogens is 478 g/mol. The number of hydrogen-bond acceptors (Lipinski definition) is 5. The predicted octanol–water partition coefficient (Wildman–Crippen LogP) is 6.56. The maximum atomic E-state index is 13.2. The summed E-state index contributed by atoms with van der Waals surface area (Å²) < 4.78 is 2.07. The summed E-state index contributed by atoms with van der Waals surface area (Å²) in [4.78, 5) is 25.1. The van der Waals surface area contributed by atoms with Gasteiger partial charge in [-0.15, -0.1) is 11.8 Å². The van der Waals surface area contributed by atoms with Crippen molar-refractivity contribution in [3.05, 3.63) is 83.1 Å². The topological polar surface area (TPSA) is 46.1 Å². The first-order valence-corrected chi connectivity index (χ1v) is 12.2. The van der Waals surface area contributed by atoms with Crippen molar-refractivity contribution >= 4 is 60.3 Å². The SMILES string of the molecule is O=C(CCCSc1ccccc1)N(Cc1cccnc1)c1nc2ccc(Br)cc2s1. The summed E-state index contributed by atoms with van der Waals surface area (Å²) in [6.45, 7) is 0.472. The number of anilines is 1. The second-order valence-electron chi connectivity index (χ2n) is 6.71. The van der Waals surface area contributed by atoms with Gasteiger partial charge in [0, 0.05) is 28.2 Å². The number of pyridine rings is 1. The van der Waals surface area contributed by atoms with Crippen molar-refractivity contribution in [2.45, 2.75) is 24.3 Å². The number of benzene rings is 2. The number of carbonyl (C=O) groups is 1. The lowest BCUT2D eigenvalue weighted by Gasteiger charge is -2.20. The number of aromatic nitrogens is 2. The Morgan fingerprint density at radius 1 is 1.10 bits per heavy atom. The first kappa shape index (κ1) is 21.0. The molecule has 2 aromatic heterocycles. The molecule has 0 aliphatic carbocycles. The molecule has 4 aromatic rings. The van der Waals surface area contributed by atoms with Gasteiger partial charge in [0.2, 0.25) is 5.91 Å². The van der Waals surface area contributed by atoms with Gasteiger partial charge in [-0.3, -0.25) is 14.7 Å². The zero-order chi connectivity index (χ0) is 20.8. The summed E-state index contributed by atoms with van der Waals surface area (Å²) in [6, 6.07) is 20.2. The minimum Gasteiger partial charge on any atom is -0.284 e. The highest BCUT2D eigenvalue weighted by atomic mass is 79.9. The highest BCUT2D eigenvalue weighted by Crippen LogP contribution is 2.32. The van der Waals surface area contributed by atoms with E-state index in [2.05, 4.69) is 33.0 Å². The third-order valence-corrected chi connectivity index (χ3v) is 7.11. The van der Waals surface area contributed by atoms with Gasteiger partial charge in [0.15, 0.2) is 5.13 Å². The molecule has 4 nitrogen and oxygen atoms in total. The summed E-state index contributed by atoms with van der Waals surface area (Å²) >= 11 is 6.83. The van der Waals surface area contributed by atoms with Crippen molar-refractivity contribution in [1.29, 1.82) is 0 Å². The molecule has 4 rings (SSSR count). The van der Waals surface area contributed by atoms with Crippen LogP contribution in [0.25, 0.3) is 10.2 Å². The molecule has 0 radical (unpaired) electrons. The fourth-order valence-electron chi connectivity index (χ4n) is 3.00. The van der Waals surface area contributed by atoms with Crippen LogP contribution < -0.4 is 4.90 Å². The molecule has 0 bridgehead atoms. The van der Waals surface area contributed by atoms with Crippen LogP contribution in [0.15, 0.2) is 82.4 Å². The number of amides is 1. The summed E-state index contributed by atoms with van der Waals surface area (Å²) in [6.07, 6.45) is 4.85. The maximum absolute atomic E-state index is 13.2. The average molecular weight is 498 g/mol. The fourth-order valence-corrected chi connectivity index (χ4v) is 5.41. The summed E-state index contributed by atoms with van der Waals surface area (Å²) in [5.74, 6) is 0.995. The van der Waals surface area contributed by atoms with E-state index in [1.54, 1.807) is 40.4 Å². The van der Waals surface area contributed by atoms with Gasteiger partial charge in [-0.2, -0.15) is 0 Å². The number of carbonyl (C=O) groups excluding carboxylic acids is 1. The van der Waals surface area contributed by atoms with Gasteiger partial charge < -0.3 is 0 Å². The number of halogens is 1. The van der Waals surface area contributed by atoms with E-state index in [0.717, 1.165) is 37.6 Å². The lowest BCUT2D eigenvalue weighted by Crippen LogP contribution is -2.30. The fraction of sp³-hybridized carbons (Fsp3) is 0.174. The van der Waals surface area contributed by atoms with Crippen LogP contribution in [0.2, 0.25) is 0 Å². The van der Waals surface area contributed by atoms with Crippen molar-refractivity contribution in [3.63, 3.8) is 0 Å². The van der Waals surface area contributed by atoms with E-state index < -0.39 is 0 Å². The van der Waals surface area contributed by atoms with Crippen molar-refractivity contribution in [2.24, 2.45) is 0 Å². The largest absolute Gasteiger partial charge is 0.284 e. The van der Waals surface area contributed by atoms with Gasteiger partial charge in [0.05, 0.1) is 16.8 Å². The van der Waals surface area contributed by atoms with Gasteiger partial charge in [-0.1, -0.05) is 51.5 Å². The quantitative estimate of drug-likeness (QED) is 0.204. The molecule has 1 amide bonds. The molecule has 0 atom stereocenters. The summed E-state index contributed by atoms with van der Waals surface area (Å²) in [5.41, 5.74) is 1.90. The van der Waals surface area contributed by atoms with Gasteiger partial charge in [0.1, 0.15) is 0 Å². The Kier molecular flexibility index (Phi) is 7.15. The Bertz CT molecular complexity index is 1120. The van der Waals surface area contributed by atoms with Gasteiger partial charge in [-0.05, 0) is 54.1 Å². The smallest absolute Gasteiger partial charge is 0.229 e. The number of fused-ring (bicyclic) bond motifs is 1. The molecule has 2 heterocycles. The van der Waals surface area contributed by atoms with Gasteiger partial charge in [-0.25, -0.2) is 4.98 Å². The zero-order valence-electron chi connectivity index (χ0n) is 16.2. The highest BCUT2D eigenvalue weighted by Gasteiger charge is 2.20. The first-order chi connectivity index (χ1) is 14.7. The van der Waals surface area contributed by atoms with Crippen LogP contribution >= 0.6 is 39.0 Å². The highest BCUT2D eigenvalue weighted by molar-refractivity contribution is 9.10. The summed E-state index contributed by atoms with van der Waals surface area (Å²) in [7, 11) is 0. The number of thiazole rings is 1. The first-order valence-electron chi connectivity index (χ1n) is 9.62. The second kappa shape index (κ2) is 10.2. The van der Waals surface area contributed by atoms with Crippen LogP contribution in [-0.4, -0.2) is 21.6 Å². The molecule has 0 saturated heterocycles. The minimum absolute atomic E-state index is 0.0886. The predicted molar refractivity (Wildman–Crippen MR) is 129 cm³/mol. The summed E-state index contributed by atoms with van der Waals surface area (Å²) in [5, 5.41) is 0.729. The number of nitrogens with zero attached hydrogens (tertiary/aromatic N) is 3. The average Bonchev–Trinajstić information content (AvgIpc) is 3.19. The third kappa shape index (κ3) is 5.47. The Morgan fingerprint density at radius 2 is 1.97 bits per heavy atom. The van der Waals surface area contributed by atoms with Crippen LogP contribution in [0, 0.1) is 0 Å². The van der Waals surface area contributed by atoms with Crippen LogP contribution in [0.3, 0.4) is 0 Å². The lowest BCUT2D eigenvalue weighted by molar-refractivity contribution is -0.118. The van der Waals surface area contributed by atoms with Crippen LogP contribution in [0.5, 0.6) is 0 Å². The molecule has 152 valence electrons. The standard InChI is InChI=1S/C23H20BrN3OS2/c24-18-10-11-20-21(14-18)30-23(26-20)27(16-17-6-4-12-25-15-17)22(28)9-5-13-29-19-7-2-1-3-8-19/h1-4,6-8,10-12,14-15H,5,9,13,16H2. The van der Waals surface area contributed by atoms with E-state index in [1.165, 1.54) is 4.90 Å². The molecule has 0 unspecified atom stereocenters. The zero-order valence-corrected chi connectivity index (χ0v) is 19.4. The molecule has 0 aliphatic heterocycles. The van der Waals surface area contributed by atoms with E-state index in [4.69, 9.17) is 4.98 Å². The van der Waals surface area contributed by atoms with E-state index in [1.807, 2.05) is 48.5 Å². The van der Waals surface area contributed by atoms with E-state index in [-0.39, 0.29) is 5.91 Å². The normalized spacial score (nSPS) is 11.0. The number of thioether (sulfide) groups is 1. The van der Waals surface area contributed by atoms with E-state index >= 15 is 0 Å². The van der Waals surface area contributed by atoms with Crippen LogP contribution in [0.1, 0.15) is 18.4 Å². The van der Waals surface area contributed by atoms with Gasteiger partial charge in [0.25, 0.3) is 0 Å². The molecule has 0 spiro atoms. The molecule has 0 saturated carbocycles. The number of rotatable bonds is 8. The lowest BCUT2D eigenvalue weighted by atomic mass is 10.2. The van der Waals surface area contributed by atoms with Crippen molar-refractivity contribution in [3.8, 4) is 0 Å². The molecule has 30 heavy (non-hydrogen) atoms. The Balaban J connectivity index is 1.48. The molecule has 0 N–H and O–H groups in total. The second-order valence-corrected chi connectivity index (χ2v) is 9.81. The molecule has 2 aromatic carbocycles. The Hall–Kier alpha value is -2.22. The van der Waals surface area contributed by atoms with Crippen molar-refractivity contribution in [2.75, 3.05) is 10.7 Å². The maximum Gasteiger partial charge on any atom is 0.229 e. The van der Waals surface area contributed by atoms with Crippen LogP contribution in [-0.2, 0) is 11.3 Å². The molecule has 0 aliphatic rings. The van der Waals surface area contributed by atoms with E-state index in [9.17, 15) is 4.79 Å². The Labute approximate surface area is 192 Å². The van der Waals surface area contributed by atoms with Gasteiger partial charge >= 0.3 is 0 Å². The van der Waals surface area contributed by atoms with E-state index in [0.29, 0.717) is 13.0 Å². The monoisotopic (exact) mass is 497 g/mol. The van der Waals surface area contributed by atoms with Crippen molar-refractivity contribution in [1.82, 2.24) is 9.97 Å². The minimum atomic E-state index is 0.0886. The van der Waals surface area contributed by atoms with Crippen molar-refractivity contribution < 1.29 is 4.79 Å². The van der Waals surface area contributed by atoms with Crippen LogP contribution in [0.4, 0.5) is 5.13 Å². The molecular formula is C23H20BrN3OS2. The number of hydrogen-bond donors (Lipinski definition) is 0. The third-order valence-electron chi connectivity index (χ3n) is 4.48. The molecule has 0 fully saturated rings. The molecule has 7 heteroatoms.